The van der Waals surface area contributed by atoms with Gasteiger partial charge in [-0.3, -0.25) is 14.1 Å². The summed E-state index contributed by atoms with van der Waals surface area (Å²) in [4.78, 5) is 26.4. The van der Waals surface area contributed by atoms with E-state index in [1.807, 2.05) is 12.1 Å². The fourth-order valence-electron chi connectivity index (χ4n) is 5.37. The molecule has 1 unspecified atom stereocenters. The van der Waals surface area contributed by atoms with E-state index in [0.717, 1.165) is 42.7 Å². The summed E-state index contributed by atoms with van der Waals surface area (Å²) in [6.45, 7) is 6.00. The summed E-state index contributed by atoms with van der Waals surface area (Å²) in [6, 6.07) is 19.0. The van der Waals surface area contributed by atoms with Crippen molar-refractivity contribution in [3.8, 4) is 16.9 Å². The zero-order valence-electron chi connectivity index (χ0n) is 29.2. The summed E-state index contributed by atoms with van der Waals surface area (Å²) in [5, 5.41) is 4.52. The third kappa shape index (κ3) is 12.8. The Hall–Kier alpha value is -4.60. The van der Waals surface area contributed by atoms with Crippen molar-refractivity contribution in [3.05, 3.63) is 118 Å². The van der Waals surface area contributed by atoms with E-state index in [2.05, 4.69) is 36.1 Å². The van der Waals surface area contributed by atoms with Crippen molar-refractivity contribution in [1.82, 2.24) is 5.32 Å². The number of hydrogen-bond donors (Lipinski definition) is 3. The Labute approximate surface area is 313 Å². The molecule has 2 amide bonds. The first kappa shape index (κ1) is 42.1. The lowest BCUT2D eigenvalue weighted by Crippen LogP contribution is -2.28. The highest BCUT2D eigenvalue weighted by Crippen LogP contribution is 2.40. The number of anilines is 1. The number of nitrogens with one attached hydrogen (secondary N) is 2. The van der Waals surface area contributed by atoms with Crippen LogP contribution in [0.5, 0.6) is 5.75 Å². The Morgan fingerprint density at radius 2 is 1.48 bits per heavy atom. The highest BCUT2D eigenvalue weighted by molar-refractivity contribution is 7.85. The Balaban J connectivity index is 1.65. The molecule has 0 aliphatic heterocycles. The van der Waals surface area contributed by atoms with Crippen molar-refractivity contribution in [2.24, 2.45) is 5.41 Å². The number of amides is 2. The van der Waals surface area contributed by atoms with Crippen molar-refractivity contribution < 1.29 is 53.6 Å². The maximum Gasteiger partial charge on any atom is 0.573 e. The predicted molar refractivity (Wildman–Crippen MR) is 193 cm³/mol. The molecule has 0 bridgehead atoms. The third-order valence-electron chi connectivity index (χ3n) is 8.24. The van der Waals surface area contributed by atoms with Crippen LogP contribution in [0.15, 0.2) is 84.9 Å². The van der Waals surface area contributed by atoms with Crippen LogP contribution in [0.2, 0.25) is 5.02 Å². The number of carbonyl (C=O) groups excluding carboxylic acids is 2. The van der Waals surface area contributed by atoms with E-state index in [9.17, 15) is 44.3 Å². The summed E-state index contributed by atoms with van der Waals surface area (Å²) in [7, 11) is -4.28. The normalized spacial score (nSPS) is 12.9. The topological polar surface area (TPSA) is 122 Å². The van der Waals surface area contributed by atoms with Crippen LogP contribution in [0, 0.1) is 5.41 Å². The lowest BCUT2D eigenvalue weighted by molar-refractivity contribution is -0.274. The molecule has 1 atom stereocenters. The Morgan fingerprint density at radius 3 is 2.04 bits per heavy atom. The maximum absolute atomic E-state index is 14.0. The second kappa shape index (κ2) is 16.8. The van der Waals surface area contributed by atoms with Crippen molar-refractivity contribution in [2.45, 2.75) is 58.5 Å². The molecule has 4 aromatic carbocycles. The van der Waals surface area contributed by atoms with Gasteiger partial charge in [0.2, 0.25) is 5.91 Å². The summed E-state index contributed by atoms with van der Waals surface area (Å²) in [6.07, 6.45) is -8.21. The number of halogens is 7. The molecule has 0 spiro atoms. The lowest BCUT2D eigenvalue weighted by atomic mass is 9.87. The smallest absolute Gasteiger partial charge is 0.404 e. The molecule has 8 nitrogen and oxygen atoms in total. The van der Waals surface area contributed by atoms with Crippen molar-refractivity contribution in [1.29, 1.82) is 0 Å². The molecule has 3 N–H and O–H groups in total. The number of hydrogen-bond acceptors (Lipinski definition) is 5. The number of rotatable bonds is 13. The minimum Gasteiger partial charge on any atom is -0.404 e. The summed E-state index contributed by atoms with van der Waals surface area (Å²) < 4.78 is 115. The molecule has 54 heavy (non-hydrogen) atoms. The van der Waals surface area contributed by atoms with Gasteiger partial charge in [-0.05, 0) is 83.3 Å². The zero-order valence-corrected chi connectivity index (χ0v) is 30.8. The SMILES string of the molecule is CC(C)(C)CCc1ccc(C(Cc2ccc(C(=O)NCCS(=O)(=O)O)cc2)C(=O)Nc2ccc(-c3ccc(C(F)(F)F)cc3Cl)cc2OC(F)(F)F)cc1. The summed E-state index contributed by atoms with van der Waals surface area (Å²) in [5.41, 5.74) is 0.929. The maximum atomic E-state index is 14.0. The minimum absolute atomic E-state index is 0.00418. The summed E-state index contributed by atoms with van der Waals surface area (Å²) in [5.74, 6) is -3.80. The molecular formula is C38H37ClF6N2O6S. The molecule has 4 rings (SSSR count). The van der Waals surface area contributed by atoms with Gasteiger partial charge in [0.15, 0.2) is 5.75 Å². The van der Waals surface area contributed by atoms with E-state index in [0.29, 0.717) is 17.2 Å². The molecule has 0 radical (unpaired) electrons. The van der Waals surface area contributed by atoms with Crippen molar-refractivity contribution in [2.75, 3.05) is 17.6 Å². The second-order valence-electron chi connectivity index (χ2n) is 13.7. The monoisotopic (exact) mass is 798 g/mol. The van der Waals surface area contributed by atoms with Gasteiger partial charge in [-0.1, -0.05) is 80.9 Å². The van der Waals surface area contributed by atoms with E-state index < -0.39 is 57.5 Å². The summed E-state index contributed by atoms with van der Waals surface area (Å²) >= 11 is 6.10. The van der Waals surface area contributed by atoms with Gasteiger partial charge in [0.25, 0.3) is 16.0 Å². The lowest BCUT2D eigenvalue weighted by Gasteiger charge is -2.21. The fraction of sp³-hybridized carbons (Fsp3) is 0.316. The third-order valence-corrected chi connectivity index (χ3v) is 9.27. The average molecular weight is 799 g/mol. The van der Waals surface area contributed by atoms with E-state index in [1.54, 1.807) is 24.3 Å². The van der Waals surface area contributed by atoms with Gasteiger partial charge < -0.3 is 15.4 Å². The Bertz CT molecular complexity index is 2060. The quantitative estimate of drug-likeness (QED) is 0.0916. The molecular weight excluding hydrogens is 762 g/mol. The molecule has 290 valence electrons. The van der Waals surface area contributed by atoms with Crippen LogP contribution in [0.3, 0.4) is 0 Å². The molecule has 4 aromatic rings. The highest BCUT2D eigenvalue weighted by atomic mass is 35.5. The Morgan fingerprint density at radius 1 is 0.852 bits per heavy atom. The molecule has 0 saturated carbocycles. The van der Waals surface area contributed by atoms with Crippen LogP contribution in [-0.2, 0) is 33.9 Å². The molecule has 0 heterocycles. The van der Waals surface area contributed by atoms with Gasteiger partial charge in [-0.15, -0.1) is 13.2 Å². The van der Waals surface area contributed by atoms with E-state index in [-0.39, 0.29) is 45.8 Å². The second-order valence-corrected chi connectivity index (χ2v) is 15.7. The first-order valence-electron chi connectivity index (χ1n) is 16.5. The van der Waals surface area contributed by atoms with E-state index in [1.165, 1.54) is 18.2 Å². The van der Waals surface area contributed by atoms with Gasteiger partial charge in [-0.25, -0.2) is 0 Å². The number of benzene rings is 4. The first-order chi connectivity index (χ1) is 25.0. The van der Waals surface area contributed by atoms with Crippen LogP contribution < -0.4 is 15.4 Å². The molecule has 16 heteroatoms. The minimum atomic E-state index is -5.20. The van der Waals surface area contributed by atoms with Gasteiger partial charge in [0, 0.05) is 22.7 Å². The molecule has 0 saturated heterocycles. The van der Waals surface area contributed by atoms with Crippen LogP contribution in [0.25, 0.3) is 11.1 Å². The molecule has 0 aliphatic rings. The number of aryl methyl sites for hydroxylation is 1. The predicted octanol–water partition coefficient (Wildman–Crippen LogP) is 9.49. The van der Waals surface area contributed by atoms with Crippen molar-refractivity contribution in [3.63, 3.8) is 0 Å². The fourth-order valence-corrected chi connectivity index (χ4v) is 6.02. The molecule has 0 fully saturated rings. The Kier molecular flexibility index (Phi) is 13.1. The van der Waals surface area contributed by atoms with Crippen molar-refractivity contribution >= 4 is 39.2 Å². The van der Waals surface area contributed by atoms with E-state index in [4.69, 9.17) is 16.2 Å². The average Bonchev–Trinajstić information content (AvgIpc) is 3.05. The largest absolute Gasteiger partial charge is 0.573 e. The van der Waals surface area contributed by atoms with Gasteiger partial charge in [-0.2, -0.15) is 21.6 Å². The van der Waals surface area contributed by atoms with Gasteiger partial charge >= 0.3 is 12.5 Å². The number of ether oxygens (including phenoxy) is 1. The zero-order chi connectivity index (χ0) is 40.1. The van der Waals surface area contributed by atoms with Gasteiger partial charge in [0.05, 0.1) is 22.9 Å². The van der Waals surface area contributed by atoms with Crippen LogP contribution in [-0.4, -0.2) is 43.4 Å². The van der Waals surface area contributed by atoms with Crippen LogP contribution in [0.1, 0.15) is 65.7 Å². The van der Waals surface area contributed by atoms with E-state index >= 15 is 0 Å². The highest BCUT2D eigenvalue weighted by Gasteiger charge is 2.34. The van der Waals surface area contributed by atoms with Crippen LogP contribution in [0.4, 0.5) is 32.0 Å². The van der Waals surface area contributed by atoms with Gasteiger partial charge in [0.1, 0.15) is 0 Å². The molecule has 0 aliphatic carbocycles. The van der Waals surface area contributed by atoms with Crippen LogP contribution >= 0.6 is 11.6 Å². The first-order valence-corrected chi connectivity index (χ1v) is 18.4. The number of carbonyl (C=O) groups is 2. The standard InChI is InChI=1S/C38H37ClF6N2O6S/c1-36(2,3)17-16-23-4-8-25(9-5-23)30(20-24-6-10-26(11-7-24)34(48)46-18-19-54(50,51)52)35(49)47-32-15-12-27(21-33(32)53-38(43,44)45)29-14-13-28(22-31(29)39)37(40,41)42/h4-15,21-22,30H,16-20H2,1-3H3,(H,46,48)(H,47,49)(H,50,51,52). The molecule has 0 aromatic heterocycles. The number of alkyl halides is 6.